The second kappa shape index (κ2) is 8.03. The fourth-order valence-corrected chi connectivity index (χ4v) is 4.84. The van der Waals surface area contributed by atoms with Crippen molar-refractivity contribution in [2.24, 2.45) is 0 Å². The highest BCUT2D eigenvalue weighted by molar-refractivity contribution is 7.90. The van der Waals surface area contributed by atoms with Crippen LogP contribution in [0.4, 0.5) is 0 Å². The standard InChI is InChI=1S/C24H25NO4S/c1-4-29-24-13-18(11-12-23(24)28-2)22(16-30(3,26)27)25-14-19-10-9-17-7-5-6-8-20(17)21(19)15-25/h5-15,22H,4,16H2,1-3H3. The summed E-state index contributed by atoms with van der Waals surface area (Å²) in [5.74, 6) is 1.23. The number of benzene rings is 3. The first-order chi connectivity index (χ1) is 14.4. The van der Waals surface area contributed by atoms with Crippen LogP contribution in [0.1, 0.15) is 18.5 Å². The predicted octanol–water partition coefficient (Wildman–Crippen LogP) is 4.84. The van der Waals surface area contributed by atoms with Crippen LogP contribution in [0, 0.1) is 0 Å². The van der Waals surface area contributed by atoms with Crippen LogP contribution in [0.25, 0.3) is 21.5 Å². The predicted molar refractivity (Wildman–Crippen MR) is 121 cm³/mol. The summed E-state index contributed by atoms with van der Waals surface area (Å²) in [6.07, 6.45) is 5.33. The average molecular weight is 424 g/mol. The molecule has 0 aliphatic heterocycles. The monoisotopic (exact) mass is 423 g/mol. The van der Waals surface area contributed by atoms with Crippen LogP contribution < -0.4 is 9.47 Å². The van der Waals surface area contributed by atoms with E-state index >= 15 is 0 Å². The molecule has 156 valence electrons. The number of fused-ring (bicyclic) bond motifs is 3. The second-order valence-electron chi connectivity index (χ2n) is 7.45. The summed E-state index contributed by atoms with van der Waals surface area (Å²) in [6.45, 7) is 2.40. The van der Waals surface area contributed by atoms with Gasteiger partial charge >= 0.3 is 0 Å². The van der Waals surface area contributed by atoms with E-state index in [-0.39, 0.29) is 11.8 Å². The van der Waals surface area contributed by atoms with Crippen LogP contribution in [0.5, 0.6) is 11.5 Å². The van der Waals surface area contributed by atoms with Crippen molar-refractivity contribution in [2.45, 2.75) is 13.0 Å². The molecule has 6 heteroatoms. The molecule has 30 heavy (non-hydrogen) atoms. The van der Waals surface area contributed by atoms with E-state index in [2.05, 4.69) is 24.3 Å². The highest BCUT2D eigenvalue weighted by Gasteiger charge is 2.22. The van der Waals surface area contributed by atoms with Gasteiger partial charge in [-0.1, -0.05) is 42.5 Å². The van der Waals surface area contributed by atoms with Crippen molar-refractivity contribution in [3.05, 3.63) is 72.6 Å². The lowest BCUT2D eigenvalue weighted by Crippen LogP contribution is -2.19. The highest BCUT2D eigenvalue weighted by Crippen LogP contribution is 2.34. The van der Waals surface area contributed by atoms with E-state index in [0.717, 1.165) is 27.1 Å². The molecule has 1 aromatic heterocycles. The van der Waals surface area contributed by atoms with Gasteiger partial charge in [-0.25, -0.2) is 8.42 Å². The molecule has 1 atom stereocenters. The summed E-state index contributed by atoms with van der Waals surface area (Å²) in [5, 5.41) is 4.48. The molecule has 0 amide bonds. The highest BCUT2D eigenvalue weighted by atomic mass is 32.2. The lowest BCUT2D eigenvalue weighted by molar-refractivity contribution is 0.310. The van der Waals surface area contributed by atoms with Crippen molar-refractivity contribution in [3.8, 4) is 11.5 Å². The minimum absolute atomic E-state index is 0.0101. The number of nitrogens with zero attached hydrogens (tertiary/aromatic N) is 1. The van der Waals surface area contributed by atoms with E-state index in [1.54, 1.807) is 7.11 Å². The summed E-state index contributed by atoms with van der Waals surface area (Å²) >= 11 is 0. The molecule has 5 nitrogen and oxygen atoms in total. The third-order valence-corrected chi connectivity index (χ3v) is 6.18. The third kappa shape index (κ3) is 4.00. The Balaban J connectivity index is 1.88. The molecule has 1 heterocycles. The van der Waals surface area contributed by atoms with E-state index in [1.165, 1.54) is 6.26 Å². The van der Waals surface area contributed by atoms with Gasteiger partial charge in [0, 0.05) is 29.4 Å². The van der Waals surface area contributed by atoms with Gasteiger partial charge in [0.25, 0.3) is 0 Å². The molecule has 0 fully saturated rings. The number of ether oxygens (including phenoxy) is 2. The Bertz CT molecular complexity index is 1310. The lowest BCUT2D eigenvalue weighted by Gasteiger charge is -2.20. The van der Waals surface area contributed by atoms with Crippen molar-refractivity contribution < 1.29 is 17.9 Å². The van der Waals surface area contributed by atoms with Crippen molar-refractivity contribution in [1.29, 1.82) is 0 Å². The van der Waals surface area contributed by atoms with E-state index < -0.39 is 9.84 Å². The number of rotatable bonds is 7. The molecule has 0 radical (unpaired) electrons. The Labute approximate surface area is 176 Å². The summed E-state index contributed by atoms with van der Waals surface area (Å²) < 4.78 is 37.7. The Kier molecular flexibility index (Phi) is 5.43. The first-order valence-electron chi connectivity index (χ1n) is 9.87. The first-order valence-corrected chi connectivity index (χ1v) is 11.9. The van der Waals surface area contributed by atoms with Gasteiger partial charge in [0.05, 0.1) is 25.5 Å². The molecule has 0 N–H and O–H groups in total. The zero-order chi connectivity index (χ0) is 21.3. The van der Waals surface area contributed by atoms with Gasteiger partial charge in [0.15, 0.2) is 11.5 Å². The lowest BCUT2D eigenvalue weighted by atomic mass is 10.1. The Hall–Kier alpha value is -2.99. The number of hydrogen-bond acceptors (Lipinski definition) is 4. The van der Waals surface area contributed by atoms with Crippen LogP contribution in [0.15, 0.2) is 67.0 Å². The maximum atomic E-state index is 12.3. The number of hydrogen-bond donors (Lipinski definition) is 0. The van der Waals surface area contributed by atoms with Gasteiger partial charge in [-0.15, -0.1) is 0 Å². The van der Waals surface area contributed by atoms with Gasteiger partial charge in [-0.3, -0.25) is 0 Å². The molecule has 3 aromatic carbocycles. The maximum Gasteiger partial charge on any atom is 0.161 e. The summed E-state index contributed by atoms with van der Waals surface area (Å²) in [6, 6.07) is 17.6. The first kappa shape index (κ1) is 20.3. The zero-order valence-corrected chi connectivity index (χ0v) is 18.1. The molecule has 1 unspecified atom stereocenters. The van der Waals surface area contributed by atoms with Gasteiger partial charge < -0.3 is 14.0 Å². The van der Waals surface area contributed by atoms with Crippen molar-refractivity contribution >= 4 is 31.4 Å². The minimum atomic E-state index is -3.23. The van der Waals surface area contributed by atoms with Gasteiger partial charge in [0.1, 0.15) is 9.84 Å². The topological polar surface area (TPSA) is 57.5 Å². The average Bonchev–Trinajstić information content (AvgIpc) is 3.16. The van der Waals surface area contributed by atoms with E-state index in [4.69, 9.17) is 9.47 Å². The summed E-state index contributed by atoms with van der Waals surface area (Å²) in [7, 11) is -1.64. The molecule has 4 aromatic rings. The van der Waals surface area contributed by atoms with Crippen LogP contribution in [0.3, 0.4) is 0 Å². The SMILES string of the molecule is CCOc1cc(C(CS(C)(=O)=O)n2cc3ccc4ccccc4c3c2)ccc1OC. The fourth-order valence-electron chi connectivity index (χ4n) is 3.91. The van der Waals surface area contributed by atoms with Gasteiger partial charge in [-0.05, 0) is 35.4 Å². The van der Waals surface area contributed by atoms with Crippen LogP contribution >= 0.6 is 0 Å². The van der Waals surface area contributed by atoms with E-state index in [9.17, 15) is 8.42 Å². The van der Waals surface area contributed by atoms with Crippen LogP contribution in [-0.4, -0.2) is 38.7 Å². The Morgan fingerprint density at radius 2 is 1.70 bits per heavy atom. The third-order valence-electron chi connectivity index (χ3n) is 5.26. The molecule has 0 saturated heterocycles. The van der Waals surface area contributed by atoms with Gasteiger partial charge in [-0.2, -0.15) is 0 Å². The molecular formula is C24H25NO4S. The van der Waals surface area contributed by atoms with Crippen LogP contribution in [0.2, 0.25) is 0 Å². The van der Waals surface area contributed by atoms with Crippen molar-refractivity contribution in [2.75, 3.05) is 25.7 Å². The number of aromatic nitrogens is 1. The molecule has 0 spiro atoms. The largest absolute Gasteiger partial charge is 0.493 e. The zero-order valence-electron chi connectivity index (χ0n) is 17.3. The van der Waals surface area contributed by atoms with E-state index in [1.807, 2.05) is 54.2 Å². The number of methoxy groups -OCH3 is 1. The Morgan fingerprint density at radius 3 is 2.43 bits per heavy atom. The molecule has 0 bridgehead atoms. The maximum absolute atomic E-state index is 12.3. The second-order valence-corrected chi connectivity index (χ2v) is 9.63. The van der Waals surface area contributed by atoms with Crippen molar-refractivity contribution in [1.82, 2.24) is 4.57 Å². The Morgan fingerprint density at radius 1 is 0.933 bits per heavy atom. The molecule has 0 saturated carbocycles. The molecule has 0 aliphatic rings. The number of sulfone groups is 1. The minimum Gasteiger partial charge on any atom is -0.493 e. The smallest absolute Gasteiger partial charge is 0.161 e. The van der Waals surface area contributed by atoms with Gasteiger partial charge in [0.2, 0.25) is 0 Å². The van der Waals surface area contributed by atoms with E-state index in [0.29, 0.717) is 18.1 Å². The molecular weight excluding hydrogens is 398 g/mol. The quantitative estimate of drug-likeness (QED) is 0.427. The summed E-state index contributed by atoms with van der Waals surface area (Å²) in [4.78, 5) is 0. The normalized spacial score (nSPS) is 12.9. The van der Waals surface area contributed by atoms with Crippen LogP contribution in [-0.2, 0) is 9.84 Å². The molecule has 0 aliphatic carbocycles. The fraction of sp³-hybridized carbons (Fsp3) is 0.250. The summed E-state index contributed by atoms with van der Waals surface area (Å²) in [5.41, 5.74) is 0.856. The van der Waals surface area contributed by atoms with Crippen molar-refractivity contribution in [3.63, 3.8) is 0 Å². The molecule has 4 rings (SSSR count).